The quantitative estimate of drug-likeness (QED) is 0.488. The fourth-order valence-electron chi connectivity index (χ4n) is 4.52. The number of hydrogen-bond acceptors (Lipinski definition) is 5. The monoisotopic (exact) mass is 534 g/mol. The SMILES string of the molecule is Cc1cc(OC[C@@]2(CC(=O)N3CCCCC3)CN(C(=O)COc3ccc(Cl)cc3)CCO2)ccc1Cl. The summed E-state index contributed by atoms with van der Waals surface area (Å²) in [6.45, 7) is 4.40. The van der Waals surface area contributed by atoms with Gasteiger partial charge in [0.25, 0.3) is 5.91 Å². The number of rotatable bonds is 8. The number of piperidine rings is 1. The van der Waals surface area contributed by atoms with Crippen LogP contribution in [0.1, 0.15) is 31.2 Å². The lowest BCUT2D eigenvalue weighted by Crippen LogP contribution is -2.59. The van der Waals surface area contributed by atoms with Crippen molar-refractivity contribution in [3.63, 3.8) is 0 Å². The first-order valence-corrected chi connectivity index (χ1v) is 13.1. The molecule has 2 saturated heterocycles. The largest absolute Gasteiger partial charge is 0.490 e. The molecule has 0 unspecified atom stereocenters. The highest BCUT2D eigenvalue weighted by molar-refractivity contribution is 6.31. The summed E-state index contributed by atoms with van der Waals surface area (Å²) in [4.78, 5) is 29.9. The standard InChI is InChI=1S/C27H32Cl2N2O5/c1-20-15-23(9-10-24(20)29)35-19-27(16-25(32)30-11-3-2-4-12-30)18-31(13-14-36-27)26(33)17-34-22-7-5-21(28)6-8-22/h5-10,15H,2-4,11-14,16-19H2,1H3/t27-/m1/s1. The third-order valence-corrected chi connectivity index (χ3v) is 7.27. The van der Waals surface area contributed by atoms with Crippen LogP contribution in [-0.2, 0) is 14.3 Å². The molecule has 0 aromatic heterocycles. The summed E-state index contributed by atoms with van der Waals surface area (Å²) >= 11 is 12.1. The van der Waals surface area contributed by atoms with Gasteiger partial charge in [-0.3, -0.25) is 9.59 Å². The fraction of sp³-hybridized carbons (Fsp3) is 0.481. The van der Waals surface area contributed by atoms with Crippen molar-refractivity contribution in [2.75, 3.05) is 46.0 Å². The van der Waals surface area contributed by atoms with E-state index in [2.05, 4.69) is 0 Å². The Kier molecular flexibility index (Phi) is 8.99. The zero-order valence-corrected chi connectivity index (χ0v) is 22.0. The zero-order chi connectivity index (χ0) is 25.5. The average Bonchev–Trinajstić information content (AvgIpc) is 2.89. The van der Waals surface area contributed by atoms with Crippen LogP contribution < -0.4 is 9.47 Å². The van der Waals surface area contributed by atoms with E-state index in [0.29, 0.717) is 34.7 Å². The van der Waals surface area contributed by atoms with Crippen LogP contribution in [-0.4, -0.2) is 73.2 Å². The highest BCUT2D eigenvalue weighted by Crippen LogP contribution is 2.28. The molecule has 0 radical (unpaired) electrons. The van der Waals surface area contributed by atoms with Gasteiger partial charge in [-0.1, -0.05) is 23.2 Å². The van der Waals surface area contributed by atoms with E-state index in [9.17, 15) is 9.59 Å². The second kappa shape index (κ2) is 12.2. The number of aryl methyl sites for hydroxylation is 1. The van der Waals surface area contributed by atoms with E-state index in [1.807, 2.05) is 17.9 Å². The Morgan fingerprint density at radius 3 is 2.36 bits per heavy atom. The van der Waals surface area contributed by atoms with Crippen molar-refractivity contribution < 1.29 is 23.8 Å². The normalized spacial score (nSPS) is 20.2. The van der Waals surface area contributed by atoms with E-state index in [0.717, 1.165) is 37.9 Å². The van der Waals surface area contributed by atoms with Crippen LogP contribution in [0.2, 0.25) is 10.0 Å². The van der Waals surface area contributed by atoms with Gasteiger partial charge in [0, 0.05) is 29.7 Å². The number of nitrogens with zero attached hydrogens (tertiary/aromatic N) is 2. The number of benzene rings is 2. The molecule has 7 nitrogen and oxygen atoms in total. The third-order valence-electron chi connectivity index (χ3n) is 6.59. The molecule has 2 fully saturated rings. The lowest BCUT2D eigenvalue weighted by atomic mass is 9.96. The minimum Gasteiger partial charge on any atom is -0.490 e. The number of hydrogen-bond donors (Lipinski definition) is 0. The van der Waals surface area contributed by atoms with Gasteiger partial charge < -0.3 is 24.0 Å². The van der Waals surface area contributed by atoms with Gasteiger partial charge in [-0.15, -0.1) is 0 Å². The molecule has 4 rings (SSSR count). The van der Waals surface area contributed by atoms with Crippen molar-refractivity contribution in [3.8, 4) is 11.5 Å². The maximum Gasteiger partial charge on any atom is 0.260 e. The summed E-state index contributed by atoms with van der Waals surface area (Å²) in [5, 5.41) is 1.25. The predicted octanol–water partition coefficient (Wildman–Crippen LogP) is 4.76. The molecule has 2 aliphatic rings. The highest BCUT2D eigenvalue weighted by atomic mass is 35.5. The first-order valence-electron chi connectivity index (χ1n) is 12.3. The van der Waals surface area contributed by atoms with Crippen LogP contribution in [0.25, 0.3) is 0 Å². The minimum atomic E-state index is -0.962. The maximum absolute atomic E-state index is 13.2. The molecule has 0 N–H and O–H groups in total. The third kappa shape index (κ3) is 7.05. The van der Waals surface area contributed by atoms with E-state index in [1.54, 1.807) is 41.3 Å². The second-order valence-electron chi connectivity index (χ2n) is 9.41. The van der Waals surface area contributed by atoms with Crippen molar-refractivity contribution in [1.82, 2.24) is 9.80 Å². The number of morpholine rings is 1. The summed E-state index contributed by atoms with van der Waals surface area (Å²) in [7, 11) is 0. The molecular formula is C27H32Cl2N2O5. The summed E-state index contributed by atoms with van der Waals surface area (Å²) in [6.07, 6.45) is 3.29. The number of amides is 2. The van der Waals surface area contributed by atoms with Gasteiger partial charge in [-0.05, 0) is 74.2 Å². The summed E-state index contributed by atoms with van der Waals surface area (Å²) in [5.41, 5.74) is -0.0655. The first-order chi connectivity index (χ1) is 17.3. The lowest BCUT2D eigenvalue weighted by molar-refractivity contribution is -0.167. The van der Waals surface area contributed by atoms with Crippen LogP contribution in [0.15, 0.2) is 42.5 Å². The van der Waals surface area contributed by atoms with Crippen LogP contribution in [0.5, 0.6) is 11.5 Å². The molecule has 0 aliphatic carbocycles. The Balaban J connectivity index is 1.45. The average molecular weight is 535 g/mol. The molecule has 0 spiro atoms. The Bertz CT molecular complexity index is 1060. The summed E-state index contributed by atoms with van der Waals surface area (Å²) < 4.78 is 18.0. The molecule has 2 aromatic rings. The molecule has 1 atom stereocenters. The summed E-state index contributed by atoms with van der Waals surface area (Å²) in [5.74, 6) is 1.05. The number of likely N-dealkylation sites (tertiary alicyclic amines) is 1. The topological polar surface area (TPSA) is 68.3 Å². The van der Waals surface area contributed by atoms with Crippen molar-refractivity contribution in [1.29, 1.82) is 0 Å². The van der Waals surface area contributed by atoms with Crippen LogP contribution >= 0.6 is 23.2 Å². The zero-order valence-electron chi connectivity index (χ0n) is 20.5. The number of carbonyl (C=O) groups is 2. The second-order valence-corrected chi connectivity index (χ2v) is 10.3. The number of ether oxygens (including phenoxy) is 3. The lowest BCUT2D eigenvalue weighted by Gasteiger charge is -2.43. The molecule has 0 saturated carbocycles. The van der Waals surface area contributed by atoms with E-state index >= 15 is 0 Å². The molecular weight excluding hydrogens is 503 g/mol. The van der Waals surface area contributed by atoms with Gasteiger partial charge >= 0.3 is 0 Å². The molecule has 194 valence electrons. The van der Waals surface area contributed by atoms with Crippen LogP contribution in [0, 0.1) is 6.92 Å². The first kappa shape index (κ1) is 26.6. The molecule has 0 bridgehead atoms. The van der Waals surface area contributed by atoms with Crippen LogP contribution in [0.4, 0.5) is 0 Å². The Hall–Kier alpha value is -2.48. The van der Waals surface area contributed by atoms with Gasteiger partial charge in [0.2, 0.25) is 5.91 Å². The van der Waals surface area contributed by atoms with E-state index < -0.39 is 5.60 Å². The van der Waals surface area contributed by atoms with Crippen LogP contribution in [0.3, 0.4) is 0 Å². The maximum atomic E-state index is 13.2. The molecule has 9 heteroatoms. The fourth-order valence-corrected chi connectivity index (χ4v) is 4.77. The highest BCUT2D eigenvalue weighted by Gasteiger charge is 2.42. The van der Waals surface area contributed by atoms with Gasteiger partial charge in [-0.2, -0.15) is 0 Å². The minimum absolute atomic E-state index is 0.0253. The molecule has 36 heavy (non-hydrogen) atoms. The molecule has 2 aromatic carbocycles. The Morgan fingerprint density at radius 1 is 0.917 bits per heavy atom. The number of carbonyl (C=O) groups excluding carboxylic acids is 2. The van der Waals surface area contributed by atoms with Gasteiger partial charge in [0.15, 0.2) is 6.61 Å². The Labute approximate surface area is 222 Å². The molecule has 2 aliphatic heterocycles. The molecule has 2 heterocycles. The van der Waals surface area contributed by atoms with Gasteiger partial charge in [0.1, 0.15) is 23.7 Å². The van der Waals surface area contributed by atoms with Crippen molar-refractivity contribution >= 4 is 35.0 Å². The van der Waals surface area contributed by atoms with Crippen molar-refractivity contribution in [2.24, 2.45) is 0 Å². The predicted molar refractivity (Wildman–Crippen MR) is 139 cm³/mol. The van der Waals surface area contributed by atoms with E-state index in [-0.39, 0.29) is 38.0 Å². The smallest absolute Gasteiger partial charge is 0.260 e. The van der Waals surface area contributed by atoms with Gasteiger partial charge in [-0.25, -0.2) is 0 Å². The van der Waals surface area contributed by atoms with Gasteiger partial charge in [0.05, 0.1) is 19.6 Å². The summed E-state index contributed by atoms with van der Waals surface area (Å²) in [6, 6.07) is 12.3. The van der Waals surface area contributed by atoms with E-state index in [1.165, 1.54) is 0 Å². The van der Waals surface area contributed by atoms with E-state index in [4.69, 9.17) is 37.4 Å². The van der Waals surface area contributed by atoms with Crippen molar-refractivity contribution in [2.45, 2.75) is 38.2 Å². The molecule has 2 amide bonds. The number of halogens is 2. The Morgan fingerprint density at radius 2 is 1.64 bits per heavy atom. The van der Waals surface area contributed by atoms with Crippen molar-refractivity contribution in [3.05, 3.63) is 58.1 Å².